The number of nitriles is 1. The number of hydrogen-bond donors (Lipinski definition) is 0. The van der Waals surface area contributed by atoms with Crippen molar-refractivity contribution in [3.63, 3.8) is 0 Å². The number of fused-ring (bicyclic) bond motifs is 4. The molecule has 0 unspecified atom stereocenters. The molecule has 2 atom stereocenters. The zero-order valence-corrected chi connectivity index (χ0v) is 17.6. The molecule has 0 saturated carbocycles. The molecule has 1 saturated heterocycles. The average Bonchev–Trinajstić information content (AvgIpc) is 2.80. The summed E-state index contributed by atoms with van der Waals surface area (Å²) >= 11 is 0. The molecule has 2 aliphatic rings. The summed E-state index contributed by atoms with van der Waals surface area (Å²) in [5, 5.41) is 9.29. The Labute approximate surface area is 181 Å². The van der Waals surface area contributed by atoms with Crippen molar-refractivity contribution in [1.29, 1.82) is 5.26 Å². The van der Waals surface area contributed by atoms with Crippen molar-refractivity contribution in [2.45, 2.75) is 23.8 Å². The van der Waals surface area contributed by atoms with Crippen molar-refractivity contribution in [2.75, 3.05) is 13.1 Å². The van der Waals surface area contributed by atoms with E-state index in [1.807, 2.05) is 18.2 Å². The second-order valence-electron chi connectivity index (χ2n) is 8.21. The van der Waals surface area contributed by atoms with Gasteiger partial charge in [0, 0.05) is 42.9 Å². The summed E-state index contributed by atoms with van der Waals surface area (Å²) in [4.78, 5) is 13.0. The number of aromatic nitrogens is 1. The fraction of sp³-hybridized carbons (Fsp3) is 0.250. The van der Waals surface area contributed by atoms with Crippen LogP contribution in [0.25, 0.3) is 11.1 Å². The first kappa shape index (κ1) is 19.7. The van der Waals surface area contributed by atoms with Crippen molar-refractivity contribution < 1.29 is 8.42 Å². The van der Waals surface area contributed by atoms with E-state index in [1.54, 1.807) is 57.4 Å². The third-order valence-corrected chi connectivity index (χ3v) is 8.09. The lowest BCUT2D eigenvalue weighted by Crippen LogP contribution is -2.49. The lowest BCUT2D eigenvalue weighted by molar-refractivity contribution is 0.187. The van der Waals surface area contributed by atoms with Crippen LogP contribution >= 0.6 is 0 Å². The van der Waals surface area contributed by atoms with E-state index in [2.05, 4.69) is 6.07 Å². The molecule has 0 aliphatic carbocycles. The molecule has 31 heavy (non-hydrogen) atoms. The van der Waals surface area contributed by atoms with Crippen LogP contribution in [0.2, 0.25) is 0 Å². The minimum Gasteiger partial charge on any atom is -0.311 e. The van der Waals surface area contributed by atoms with Gasteiger partial charge in [0.15, 0.2) is 0 Å². The van der Waals surface area contributed by atoms with Crippen LogP contribution in [0.5, 0.6) is 0 Å². The molecule has 0 spiro atoms. The van der Waals surface area contributed by atoms with Gasteiger partial charge in [-0.2, -0.15) is 9.57 Å². The molecule has 6 nitrogen and oxygen atoms in total. The zero-order chi connectivity index (χ0) is 21.6. The Morgan fingerprint density at radius 3 is 2.52 bits per heavy atom. The first-order valence-electron chi connectivity index (χ1n) is 10.3. The third kappa shape index (κ3) is 3.38. The molecule has 1 fully saturated rings. The van der Waals surface area contributed by atoms with E-state index in [1.165, 1.54) is 0 Å². The molecule has 2 aliphatic heterocycles. The van der Waals surface area contributed by atoms with E-state index in [0.29, 0.717) is 30.1 Å². The molecule has 3 aromatic rings. The second kappa shape index (κ2) is 7.49. The fourth-order valence-electron chi connectivity index (χ4n) is 4.91. The third-order valence-electron chi connectivity index (χ3n) is 6.24. The summed E-state index contributed by atoms with van der Waals surface area (Å²) in [5.41, 5.74) is 3.10. The number of pyridine rings is 1. The van der Waals surface area contributed by atoms with Gasteiger partial charge in [-0.1, -0.05) is 30.3 Å². The van der Waals surface area contributed by atoms with Crippen LogP contribution in [0.3, 0.4) is 0 Å². The van der Waals surface area contributed by atoms with E-state index in [9.17, 15) is 18.5 Å². The molecule has 1 aromatic heterocycles. The summed E-state index contributed by atoms with van der Waals surface area (Å²) in [6.07, 6.45) is 0.842. The summed E-state index contributed by atoms with van der Waals surface area (Å²) in [6, 6.07) is 21.3. The van der Waals surface area contributed by atoms with E-state index in [4.69, 9.17) is 0 Å². The highest BCUT2D eigenvalue weighted by Crippen LogP contribution is 2.41. The summed E-state index contributed by atoms with van der Waals surface area (Å²) < 4.78 is 29.9. The van der Waals surface area contributed by atoms with Crippen LogP contribution in [0, 0.1) is 17.2 Å². The molecule has 0 N–H and O–H groups in total. The Hall–Kier alpha value is -3.21. The Balaban J connectivity index is 1.59. The van der Waals surface area contributed by atoms with Crippen molar-refractivity contribution in [2.24, 2.45) is 5.92 Å². The lowest BCUT2D eigenvalue weighted by Gasteiger charge is -2.42. The molecule has 2 aromatic carbocycles. The van der Waals surface area contributed by atoms with Crippen LogP contribution in [-0.2, 0) is 16.6 Å². The molecule has 5 rings (SSSR count). The van der Waals surface area contributed by atoms with Gasteiger partial charge in [0.2, 0.25) is 10.0 Å². The highest BCUT2D eigenvalue weighted by molar-refractivity contribution is 7.89. The molecule has 0 amide bonds. The van der Waals surface area contributed by atoms with Gasteiger partial charge in [0.1, 0.15) is 0 Å². The lowest BCUT2D eigenvalue weighted by atomic mass is 9.81. The monoisotopic (exact) mass is 431 g/mol. The zero-order valence-electron chi connectivity index (χ0n) is 16.8. The van der Waals surface area contributed by atoms with Gasteiger partial charge in [0.25, 0.3) is 5.56 Å². The van der Waals surface area contributed by atoms with Gasteiger partial charge < -0.3 is 4.57 Å². The second-order valence-corrected chi connectivity index (χ2v) is 10.1. The predicted octanol–water partition coefficient (Wildman–Crippen LogP) is 3.19. The minimum absolute atomic E-state index is 0.0655. The van der Waals surface area contributed by atoms with Crippen molar-refractivity contribution >= 4 is 10.0 Å². The first-order valence-corrected chi connectivity index (χ1v) is 11.7. The van der Waals surface area contributed by atoms with Crippen LogP contribution in [0.1, 0.15) is 23.6 Å². The highest BCUT2D eigenvalue weighted by atomic mass is 32.2. The van der Waals surface area contributed by atoms with Crippen molar-refractivity contribution in [3.05, 3.63) is 88.3 Å². The smallest absolute Gasteiger partial charge is 0.250 e. The molecule has 2 bridgehead atoms. The van der Waals surface area contributed by atoms with Crippen LogP contribution in [0.4, 0.5) is 0 Å². The minimum atomic E-state index is -3.60. The number of sulfonamides is 1. The fourth-order valence-corrected chi connectivity index (χ4v) is 6.49. The van der Waals surface area contributed by atoms with Gasteiger partial charge in [-0.25, -0.2) is 8.42 Å². The Bertz CT molecular complexity index is 1360. The Morgan fingerprint density at radius 2 is 1.74 bits per heavy atom. The van der Waals surface area contributed by atoms with E-state index >= 15 is 0 Å². The topological polar surface area (TPSA) is 83.2 Å². The first-order chi connectivity index (χ1) is 15.0. The normalized spacial score (nSPS) is 20.6. The molecular formula is C24H21N3O3S. The number of benzene rings is 2. The van der Waals surface area contributed by atoms with Gasteiger partial charge in [-0.05, 0) is 48.2 Å². The number of piperidine rings is 1. The molecule has 3 heterocycles. The summed E-state index contributed by atoms with van der Waals surface area (Å²) in [5.74, 6) is 0.00348. The summed E-state index contributed by atoms with van der Waals surface area (Å²) in [6.45, 7) is 1.24. The largest absolute Gasteiger partial charge is 0.311 e. The predicted molar refractivity (Wildman–Crippen MR) is 117 cm³/mol. The van der Waals surface area contributed by atoms with Crippen LogP contribution < -0.4 is 5.56 Å². The van der Waals surface area contributed by atoms with Gasteiger partial charge in [-0.15, -0.1) is 0 Å². The number of hydrogen-bond acceptors (Lipinski definition) is 4. The molecule has 0 radical (unpaired) electrons. The summed E-state index contributed by atoms with van der Waals surface area (Å²) in [7, 11) is -3.60. The van der Waals surface area contributed by atoms with Crippen molar-refractivity contribution in [1.82, 2.24) is 8.87 Å². The van der Waals surface area contributed by atoms with E-state index < -0.39 is 10.0 Å². The highest BCUT2D eigenvalue weighted by Gasteiger charge is 2.40. The Morgan fingerprint density at radius 1 is 0.935 bits per heavy atom. The maximum absolute atomic E-state index is 13.3. The standard InChI is InChI=1S/C24H21N3O3S/c25-13-17-5-4-6-19(11-17)22-9-10-23(28)27-15-18-12-20(24(22)27)16-26(14-18)31(29,30)21-7-2-1-3-8-21/h1-11,18,20H,12,14-16H2/t18-,20-/m1/s1. The van der Waals surface area contributed by atoms with E-state index in [0.717, 1.165) is 23.2 Å². The maximum atomic E-state index is 13.3. The van der Waals surface area contributed by atoms with Crippen LogP contribution in [0.15, 0.2) is 76.4 Å². The number of nitrogens with zero attached hydrogens (tertiary/aromatic N) is 3. The van der Waals surface area contributed by atoms with Gasteiger partial charge >= 0.3 is 0 Å². The van der Waals surface area contributed by atoms with Gasteiger partial charge in [-0.3, -0.25) is 4.79 Å². The van der Waals surface area contributed by atoms with Gasteiger partial charge in [0.05, 0.1) is 16.5 Å². The van der Waals surface area contributed by atoms with Crippen molar-refractivity contribution in [3.8, 4) is 17.2 Å². The average molecular weight is 432 g/mol. The Kier molecular flexibility index (Phi) is 4.77. The quantitative estimate of drug-likeness (QED) is 0.638. The maximum Gasteiger partial charge on any atom is 0.250 e. The van der Waals surface area contributed by atoms with Crippen LogP contribution in [-0.4, -0.2) is 30.4 Å². The molecular weight excluding hydrogens is 410 g/mol. The van der Waals surface area contributed by atoms with E-state index in [-0.39, 0.29) is 17.4 Å². The number of rotatable bonds is 3. The molecule has 156 valence electrons. The molecule has 7 heteroatoms. The SMILES string of the molecule is N#Cc1cccc(-c2ccc(=O)n3c2[C@@H]2C[C@H](CN(S(=O)(=O)c4ccccc4)C2)C3)c1.